The molecule has 0 aromatic heterocycles. The second-order valence-corrected chi connectivity index (χ2v) is 6.50. The molecular weight excluding hydrogens is 244 g/mol. The van der Waals surface area contributed by atoms with Gasteiger partial charge in [0.25, 0.3) is 0 Å². The molecule has 1 amide bonds. The summed E-state index contributed by atoms with van der Waals surface area (Å²) < 4.78 is 5.33. The molecule has 2 saturated heterocycles. The Morgan fingerprint density at radius 3 is 2.26 bits per heavy atom. The molecule has 2 aliphatic heterocycles. The highest BCUT2D eigenvalue weighted by atomic mass is 16.6. The van der Waals surface area contributed by atoms with Crippen LogP contribution in [0.2, 0.25) is 0 Å². The van der Waals surface area contributed by atoms with E-state index >= 15 is 0 Å². The second kappa shape index (κ2) is 5.64. The van der Waals surface area contributed by atoms with Crippen molar-refractivity contribution >= 4 is 6.09 Å². The van der Waals surface area contributed by atoms with Crippen LogP contribution in [0.15, 0.2) is 0 Å². The number of rotatable bonds is 2. The van der Waals surface area contributed by atoms with Gasteiger partial charge in [-0.1, -0.05) is 0 Å². The molecule has 0 aliphatic carbocycles. The van der Waals surface area contributed by atoms with E-state index in [-0.39, 0.29) is 6.09 Å². The van der Waals surface area contributed by atoms with Crippen LogP contribution in [0.25, 0.3) is 0 Å². The molecule has 0 radical (unpaired) electrons. The standard InChI is InChI=1S/C13H26N4O2/c1-13(2,3)19-12(18)16-9-11(10-16)14-17-7-5-15(4)6-8-17/h11,14H,5-10H2,1-4H3. The molecule has 2 aliphatic rings. The molecular formula is C13H26N4O2. The lowest BCUT2D eigenvalue weighted by atomic mass is 10.1. The predicted octanol–water partition coefficient (Wildman–Crippen LogP) is 0.358. The highest BCUT2D eigenvalue weighted by Crippen LogP contribution is 2.15. The zero-order valence-corrected chi connectivity index (χ0v) is 12.5. The van der Waals surface area contributed by atoms with E-state index in [4.69, 9.17) is 4.74 Å². The van der Waals surface area contributed by atoms with E-state index in [1.807, 2.05) is 20.8 Å². The monoisotopic (exact) mass is 270 g/mol. The smallest absolute Gasteiger partial charge is 0.410 e. The zero-order valence-electron chi connectivity index (χ0n) is 12.5. The SMILES string of the molecule is CN1CCN(NC2CN(C(=O)OC(C)(C)C)C2)CC1. The molecule has 2 rings (SSSR count). The van der Waals surface area contributed by atoms with E-state index in [1.165, 1.54) is 0 Å². The van der Waals surface area contributed by atoms with Crippen LogP contribution >= 0.6 is 0 Å². The molecule has 0 aromatic rings. The van der Waals surface area contributed by atoms with Gasteiger partial charge >= 0.3 is 6.09 Å². The van der Waals surface area contributed by atoms with Gasteiger partial charge in [-0.15, -0.1) is 0 Å². The van der Waals surface area contributed by atoms with E-state index < -0.39 is 5.60 Å². The summed E-state index contributed by atoms with van der Waals surface area (Å²) in [6, 6.07) is 0.371. The van der Waals surface area contributed by atoms with Gasteiger partial charge in [-0.2, -0.15) is 0 Å². The van der Waals surface area contributed by atoms with Crippen LogP contribution in [0, 0.1) is 0 Å². The Hall–Kier alpha value is -0.850. The molecule has 0 unspecified atom stereocenters. The summed E-state index contributed by atoms with van der Waals surface area (Å²) in [4.78, 5) is 15.9. The first kappa shape index (κ1) is 14.6. The van der Waals surface area contributed by atoms with Crippen molar-refractivity contribution in [3.05, 3.63) is 0 Å². The molecule has 2 heterocycles. The van der Waals surface area contributed by atoms with Crippen molar-refractivity contribution in [3.63, 3.8) is 0 Å². The third kappa shape index (κ3) is 4.33. The van der Waals surface area contributed by atoms with Crippen LogP contribution in [0.1, 0.15) is 20.8 Å². The van der Waals surface area contributed by atoms with E-state index in [2.05, 4.69) is 22.4 Å². The summed E-state index contributed by atoms with van der Waals surface area (Å²) in [6.07, 6.45) is -0.205. The first-order valence-electron chi connectivity index (χ1n) is 7.01. The summed E-state index contributed by atoms with van der Waals surface area (Å²) in [5.41, 5.74) is 3.07. The Kier molecular flexibility index (Phi) is 4.32. The fraction of sp³-hybridized carbons (Fsp3) is 0.923. The molecule has 0 bridgehead atoms. The number of nitrogens with zero attached hydrogens (tertiary/aromatic N) is 3. The van der Waals surface area contributed by atoms with Gasteiger partial charge in [-0.25, -0.2) is 15.2 Å². The number of hydrogen-bond acceptors (Lipinski definition) is 5. The molecule has 0 spiro atoms. The first-order chi connectivity index (χ1) is 8.83. The van der Waals surface area contributed by atoms with Crippen LogP contribution in [0.3, 0.4) is 0 Å². The van der Waals surface area contributed by atoms with Crippen LogP contribution in [0.4, 0.5) is 4.79 Å². The number of carbonyl (C=O) groups is 1. The number of likely N-dealkylation sites (N-methyl/N-ethyl adjacent to an activating group) is 1. The van der Waals surface area contributed by atoms with Gasteiger partial charge in [0, 0.05) is 39.3 Å². The van der Waals surface area contributed by atoms with Crippen molar-refractivity contribution in [2.24, 2.45) is 0 Å². The minimum absolute atomic E-state index is 0.205. The lowest BCUT2D eigenvalue weighted by molar-refractivity contribution is -0.0109. The Morgan fingerprint density at radius 2 is 1.74 bits per heavy atom. The fourth-order valence-electron chi connectivity index (χ4n) is 2.23. The molecule has 2 fully saturated rings. The Bertz CT molecular complexity index is 315. The minimum atomic E-state index is -0.410. The third-order valence-corrected chi connectivity index (χ3v) is 3.40. The normalized spacial score (nSPS) is 23.3. The van der Waals surface area contributed by atoms with Gasteiger partial charge in [0.05, 0.1) is 6.04 Å². The van der Waals surface area contributed by atoms with Gasteiger partial charge in [0.2, 0.25) is 0 Å². The molecule has 19 heavy (non-hydrogen) atoms. The van der Waals surface area contributed by atoms with Gasteiger partial charge in [0.1, 0.15) is 5.60 Å². The molecule has 6 heteroatoms. The topological polar surface area (TPSA) is 48.0 Å². The van der Waals surface area contributed by atoms with Crippen molar-refractivity contribution in [2.75, 3.05) is 46.3 Å². The summed E-state index contributed by atoms with van der Waals surface area (Å²) in [5.74, 6) is 0. The van der Waals surface area contributed by atoms with Gasteiger partial charge < -0.3 is 14.5 Å². The number of nitrogens with one attached hydrogen (secondary N) is 1. The Labute approximate surface area is 115 Å². The Morgan fingerprint density at radius 1 is 1.16 bits per heavy atom. The first-order valence-corrected chi connectivity index (χ1v) is 7.01. The number of hydrogen-bond donors (Lipinski definition) is 1. The van der Waals surface area contributed by atoms with Gasteiger partial charge in [-0.05, 0) is 27.8 Å². The van der Waals surface area contributed by atoms with Crippen LogP contribution in [0.5, 0.6) is 0 Å². The average molecular weight is 270 g/mol. The van der Waals surface area contributed by atoms with E-state index in [1.54, 1.807) is 4.90 Å². The predicted molar refractivity (Wildman–Crippen MR) is 73.8 cm³/mol. The molecule has 110 valence electrons. The third-order valence-electron chi connectivity index (χ3n) is 3.40. The maximum absolute atomic E-state index is 11.8. The maximum atomic E-state index is 11.8. The number of ether oxygens (including phenoxy) is 1. The minimum Gasteiger partial charge on any atom is -0.444 e. The molecule has 0 aromatic carbocycles. The summed E-state index contributed by atoms with van der Waals surface area (Å²) in [5, 5.41) is 2.26. The molecule has 0 saturated carbocycles. The van der Waals surface area contributed by atoms with E-state index in [9.17, 15) is 4.79 Å². The summed E-state index contributed by atoms with van der Waals surface area (Å²) >= 11 is 0. The average Bonchev–Trinajstić information content (AvgIpc) is 2.22. The van der Waals surface area contributed by atoms with Gasteiger partial charge in [-0.3, -0.25) is 0 Å². The van der Waals surface area contributed by atoms with Crippen LogP contribution in [-0.2, 0) is 4.74 Å². The highest BCUT2D eigenvalue weighted by molar-refractivity contribution is 5.69. The highest BCUT2D eigenvalue weighted by Gasteiger charge is 2.34. The van der Waals surface area contributed by atoms with E-state index in [0.29, 0.717) is 6.04 Å². The van der Waals surface area contributed by atoms with Crippen LogP contribution < -0.4 is 5.43 Å². The Balaban J connectivity index is 1.65. The maximum Gasteiger partial charge on any atom is 0.410 e. The van der Waals surface area contributed by atoms with E-state index in [0.717, 1.165) is 39.3 Å². The molecule has 0 atom stereocenters. The number of likely N-dealkylation sites (tertiary alicyclic amines) is 1. The van der Waals surface area contributed by atoms with Crippen molar-refractivity contribution in [2.45, 2.75) is 32.4 Å². The lowest BCUT2D eigenvalue weighted by Crippen LogP contribution is -2.65. The number of carbonyl (C=O) groups excluding carboxylic acids is 1. The molecule has 6 nitrogen and oxygen atoms in total. The fourth-order valence-corrected chi connectivity index (χ4v) is 2.23. The number of amides is 1. The number of hydrazine groups is 1. The quantitative estimate of drug-likeness (QED) is 0.785. The zero-order chi connectivity index (χ0) is 14.0. The van der Waals surface area contributed by atoms with Crippen molar-refractivity contribution < 1.29 is 9.53 Å². The van der Waals surface area contributed by atoms with Gasteiger partial charge in [0.15, 0.2) is 0 Å². The van der Waals surface area contributed by atoms with Crippen LogP contribution in [-0.4, -0.2) is 78.9 Å². The lowest BCUT2D eigenvalue weighted by Gasteiger charge is -2.43. The summed E-state index contributed by atoms with van der Waals surface area (Å²) in [7, 11) is 2.14. The molecule has 1 N–H and O–H groups in total. The second-order valence-electron chi connectivity index (χ2n) is 6.50. The summed E-state index contributed by atoms with van der Waals surface area (Å²) in [6.45, 7) is 11.4. The number of piperazine rings is 1. The van der Waals surface area contributed by atoms with Crippen molar-refractivity contribution in [1.29, 1.82) is 0 Å². The largest absolute Gasteiger partial charge is 0.444 e. The van der Waals surface area contributed by atoms with Crippen molar-refractivity contribution in [1.82, 2.24) is 20.2 Å². The van der Waals surface area contributed by atoms with Crippen molar-refractivity contribution in [3.8, 4) is 0 Å².